The monoisotopic (exact) mass is 271 g/mol. The molecular weight excluding hydrogens is 254 g/mol. The van der Waals surface area contributed by atoms with Gasteiger partial charge in [-0.05, 0) is 12.6 Å². The third kappa shape index (κ3) is 2.20. The minimum atomic E-state index is -0.296. The van der Waals surface area contributed by atoms with Crippen LogP contribution in [0.15, 0.2) is 36.0 Å². The Morgan fingerprint density at radius 2 is 1.60 bits per heavy atom. The van der Waals surface area contributed by atoms with Crippen molar-refractivity contribution in [1.82, 2.24) is 15.1 Å². The van der Waals surface area contributed by atoms with Gasteiger partial charge in [0.15, 0.2) is 0 Å². The highest BCUT2D eigenvalue weighted by molar-refractivity contribution is 6.35. The molecule has 0 spiro atoms. The Bertz CT molecular complexity index is 572. The molecule has 2 aliphatic rings. The molecule has 104 valence electrons. The van der Waals surface area contributed by atoms with Crippen LogP contribution in [0.3, 0.4) is 0 Å². The van der Waals surface area contributed by atoms with Crippen molar-refractivity contribution in [1.29, 1.82) is 0 Å². The number of carbonyl (C=O) groups excluding carboxylic acids is 2. The van der Waals surface area contributed by atoms with E-state index in [0.717, 1.165) is 31.7 Å². The number of imide groups is 1. The van der Waals surface area contributed by atoms with E-state index in [0.29, 0.717) is 11.3 Å². The van der Waals surface area contributed by atoms with Gasteiger partial charge in [0.2, 0.25) is 0 Å². The Kier molecular flexibility index (Phi) is 3.28. The first-order chi connectivity index (χ1) is 9.66. The zero-order valence-corrected chi connectivity index (χ0v) is 11.4. The van der Waals surface area contributed by atoms with E-state index in [4.69, 9.17) is 0 Å². The fourth-order valence-corrected chi connectivity index (χ4v) is 2.65. The molecule has 2 aliphatic heterocycles. The summed E-state index contributed by atoms with van der Waals surface area (Å²) >= 11 is 0. The molecule has 1 aromatic rings. The zero-order chi connectivity index (χ0) is 14.1. The molecule has 0 saturated carbocycles. The minimum absolute atomic E-state index is 0.279. The summed E-state index contributed by atoms with van der Waals surface area (Å²) in [5, 5.41) is 2.42. The standard InChI is InChI=1S/C15H17N3O2/c1-17-7-9-18(10-8-17)13-12(14(19)16-15(13)20)11-5-3-2-4-6-11/h2-6H,7-10H2,1H3,(H,16,19,20). The molecule has 0 radical (unpaired) electrons. The van der Waals surface area contributed by atoms with Gasteiger partial charge in [-0.1, -0.05) is 30.3 Å². The van der Waals surface area contributed by atoms with Gasteiger partial charge in [-0.15, -0.1) is 0 Å². The molecular formula is C15H17N3O2. The normalized spacial score (nSPS) is 20.6. The molecule has 2 amide bonds. The van der Waals surface area contributed by atoms with E-state index in [1.54, 1.807) is 0 Å². The van der Waals surface area contributed by atoms with Crippen LogP contribution in [0.1, 0.15) is 5.56 Å². The molecule has 0 aromatic heterocycles. The van der Waals surface area contributed by atoms with Crippen molar-refractivity contribution in [3.8, 4) is 0 Å². The van der Waals surface area contributed by atoms with E-state index >= 15 is 0 Å². The third-order valence-electron chi connectivity index (χ3n) is 3.79. The molecule has 5 nitrogen and oxygen atoms in total. The lowest BCUT2D eigenvalue weighted by molar-refractivity contribution is -0.124. The molecule has 0 unspecified atom stereocenters. The van der Waals surface area contributed by atoms with Crippen LogP contribution in [0.25, 0.3) is 5.57 Å². The molecule has 5 heteroatoms. The number of rotatable bonds is 2. The van der Waals surface area contributed by atoms with Gasteiger partial charge in [0, 0.05) is 26.2 Å². The highest BCUT2D eigenvalue weighted by atomic mass is 16.2. The van der Waals surface area contributed by atoms with E-state index in [1.165, 1.54) is 0 Å². The van der Waals surface area contributed by atoms with Crippen molar-refractivity contribution in [3.63, 3.8) is 0 Å². The van der Waals surface area contributed by atoms with Crippen LogP contribution in [0.5, 0.6) is 0 Å². The number of amides is 2. The highest BCUT2D eigenvalue weighted by Gasteiger charge is 2.35. The second kappa shape index (κ2) is 5.09. The fourth-order valence-electron chi connectivity index (χ4n) is 2.65. The lowest BCUT2D eigenvalue weighted by Gasteiger charge is -2.34. The third-order valence-corrected chi connectivity index (χ3v) is 3.79. The molecule has 20 heavy (non-hydrogen) atoms. The number of nitrogens with zero attached hydrogens (tertiary/aromatic N) is 2. The number of hydrogen-bond donors (Lipinski definition) is 1. The van der Waals surface area contributed by atoms with Gasteiger partial charge in [0.1, 0.15) is 5.70 Å². The van der Waals surface area contributed by atoms with Gasteiger partial charge in [-0.2, -0.15) is 0 Å². The largest absolute Gasteiger partial charge is 0.364 e. The number of hydrogen-bond acceptors (Lipinski definition) is 4. The van der Waals surface area contributed by atoms with Crippen LogP contribution in [0.4, 0.5) is 0 Å². The lowest BCUT2D eigenvalue weighted by Crippen LogP contribution is -2.45. The van der Waals surface area contributed by atoms with Crippen molar-refractivity contribution in [2.24, 2.45) is 0 Å². The van der Waals surface area contributed by atoms with Crippen LogP contribution >= 0.6 is 0 Å². The maximum absolute atomic E-state index is 12.1. The minimum Gasteiger partial charge on any atom is -0.364 e. The Morgan fingerprint density at radius 3 is 2.25 bits per heavy atom. The number of benzene rings is 1. The second-order valence-electron chi connectivity index (χ2n) is 5.16. The summed E-state index contributed by atoms with van der Waals surface area (Å²) < 4.78 is 0. The topological polar surface area (TPSA) is 52.6 Å². The van der Waals surface area contributed by atoms with E-state index in [2.05, 4.69) is 17.3 Å². The van der Waals surface area contributed by atoms with Gasteiger partial charge in [0.25, 0.3) is 11.8 Å². The molecule has 0 aliphatic carbocycles. The lowest BCUT2D eigenvalue weighted by atomic mass is 10.0. The van der Waals surface area contributed by atoms with E-state index in [1.807, 2.05) is 35.2 Å². The summed E-state index contributed by atoms with van der Waals surface area (Å²) in [6.45, 7) is 3.33. The van der Waals surface area contributed by atoms with Crippen LogP contribution in [-0.2, 0) is 9.59 Å². The number of piperazine rings is 1. The first-order valence-corrected chi connectivity index (χ1v) is 6.75. The molecule has 1 saturated heterocycles. The second-order valence-corrected chi connectivity index (χ2v) is 5.16. The predicted molar refractivity (Wildman–Crippen MR) is 75.6 cm³/mol. The molecule has 1 N–H and O–H groups in total. The molecule has 1 aromatic carbocycles. The van der Waals surface area contributed by atoms with Gasteiger partial charge in [-0.25, -0.2) is 0 Å². The Balaban J connectivity index is 2.01. The summed E-state index contributed by atoms with van der Waals surface area (Å²) in [4.78, 5) is 28.4. The molecule has 2 heterocycles. The molecule has 0 atom stereocenters. The Morgan fingerprint density at radius 1 is 0.950 bits per heavy atom. The first kappa shape index (κ1) is 12.9. The van der Waals surface area contributed by atoms with Crippen molar-refractivity contribution < 1.29 is 9.59 Å². The van der Waals surface area contributed by atoms with Gasteiger partial charge in [-0.3, -0.25) is 14.9 Å². The average Bonchev–Trinajstić information content (AvgIpc) is 2.75. The molecule has 3 rings (SSSR count). The quantitative estimate of drug-likeness (QED) is 0.786. The van der Waals surface area contributed by atoms with Crippen LogP contribution in [0, 0.1) is 0 Å². The molecule has 1 fully saturated rings. The Labute approximate surface area is 117 Å². The van der Waals surface area contributed by atoms with Crippen molar-refractivity contribution in [3.05, 3.63) is 41.6 Å². The smallest absolute Gasteiger partial charge is 0.275 e. The number of nitrogens with one attached hydrogen (secondary N) is 1. The average molecular weight is 271 g/mol. The first-order valence-electron chi connectivity index (χ1n) is 6.75. The van der Waals surface area contributed by atoms with Crippen molar-refractivity contribution in [2.45, 2.75) is 0 Å². The fraction of sp³-hybridized carbons (Fsp3) is 0.333. The van der Waals surface area contributed by atoms with E-state index in [9.17, 15) is 9.59 Å². The summed E-state index contributed by atoms with van der Waals surface area (Å²) in [5.41, 5.74) is 1.82. The predicted octanol–water partition coefficient (Wildman–Crippen LogP) is 0.301. The maximum Gasteiger partial charge on any atom is 0.275 e. The van der Waals surface area contributed by atoms with E-state index in [-0.39, 0.29) is 11.8 Å². The van der Waals surface area contributed by atoms with Gasteiger partial charge in [0.05, 0.1) is 5.57 Å². The summed E-state index contributed by atoms with van der Waals surface area (Å²) in [7, 11) is 2.06. The van der Waals surface area contributed by atoms with Crippen LogP contribution in [0.2, 0.25) is 0 Å². The van der Waals surface area contributed by atoms with Gasteiger partial charge >= 0.3 is 0 Å². The molecule has 0 bridgehead atoms. The van der Waals surface area contributed by atoms with E-state index < -0.39 is 0 Å². The number of likely N-dealkylation sites (N-methyl/N-ethyl adjacent to an activating group) is 1. The number of carbonyl (C=O) groups is 2. The zero-order valence-electron chi connectivity index (χ0n) is 11.4. The summed E-state index contributed by atoms with van der Waals surface area (Å²) in [6, 6.07) is 9.38. The van der Waals surface area contributed by atoms with Crippen molar-refractivity contribution in [2.75, 3.05) is 33.2 Å². The summed E-state index contributed by atoms with van der Waals surface area (Å²) in [5.74, 6) is -0.575. The van der Waals surface area contributed by atoms with Crippen LogP contribution in [-0.4, -0.2) is 54.8 Å². The maximum atomic E-state index is 12.1. The Hall–Kier alpha value is -2.14. The highest BCUT2D eigenvalue weighted by Crippen LogP contribution is 2.26. The summed E-state index contributed by atoms with van der Waals surface area (Å²) in [6.07, 6.45) is 0. The van der Waals surface area contributed by atoms with Crippen molar-refractivity contribution >= 4 is 17.4 Å². The van der Waals surface area contributed by atoms with Crippen LogP contribution < -0.4 is 5.32 Å². The van der Waals surface area contributed by atoms with Gasteiger partial charge < -0.3 is 9.80 Å². The SMILES string of the molecule is CN1CCN(C2=C(c3ccccc3)C(=O)NC2=O)CC1.